The fourth-order valence-corrected chi connectivity index (χ4v) is 8.32. The summed E-state index contributed by atoms with van der Waals surface area (Å²) in [6.07, 6.45) is 3.32. The summed E-state index contributed by atoms with van der Waals surface area (Å²) in [5.41, 5.74) is 5.80. The minimum absolute atomic E-state index is 0. The van der Waals surface area contributed by atoms with Crippen LogP contribution in [0.25, 0.3) is 53.8 Å². The van der Waals surface area contributed by atoms with E-state index in [1.54, 1.807) is 41.7 Å². The zero-order valence-electron chi connectivity index (χ0n) is 34.3. The Balaban J connectivity index is 0.000000213. The van der Waals surface area contributed by atoms with Crippen molar-refractivity contribution in [3.63, 3.8) is 0 Å². The predicted octanol–water partition coefficient (Wildman–Crippen LogP) is 11.6. The van der Waals surface area contributed by atoms with Gasteiger partial charge < -0.3 is 9.97 Å². The molecule has 7 aromatic rings. The van der Waals surface area contributed by atoms with Gasteiger partial charge in [-0.3, -0.25) is 0 Å². The van der Waals surface area contributed by atoms with Crippen molar-refractivity contribution in [3.05, 3.63) is 138 Å². The Morgan fingerprint density at radius 2 is 1.65 bits per heavy atom. The number of benzene rings is 4. The van der Waals surface area contributed by atoms with E-state index in [-0.39, 0.29) is 37.0 Å². The summed E-state index contributed by atoms with van der Waals surface area (Å²) in [6.45, 7) is 6.11. The first-order chi connectivity index (χ1) is 25.2. The third-order valence-corrected chi connectivity index (χ3v) is 11.2. The number of hydrogen-bond donors (Lipinski definition) is 0. The molecule has 0 unspecified atom stereocenters. The molecule has 245 valence electrons. The van der Waals surface area contributed by atoms with Crippen LogP contribution in [-0.4, -0.2) is 18.0 Å². The second-order valence-electron chi connectivity index (χ2n) is 12.7. The van der Waals surface area contributed by atoms with Gasteiger partial charge in [-0.25, -0.2) is 4.39 Å². The molecule has 0 aliphatic rings. The summed E-state index contributed by atoms with van der Waals surface area (Å²) in [4.78, 5) is 9.04. The number of aryl methyl sites for hydroxylation is 2. The summed E-state index contributed by atoms with van der Waals surface area (Å²) in [7, 11) is -1.61. The van der Waals surface area contributed by atoms with Crippen molar-refractivity contribution in [1.29, 1.82) is 0 Å². The quantitative estimate of drug-likeness (QED) is 0.127. The maximum absolute atomic E-state index is 13.8. The number of hydrogen-bond acceptors (Lipinski definition) is 3. The number of thiophene rings is 1. The number of nitrogens with zero attached hydrogens (tertiary/aromatic N) is 2. The topological polar surface area (TPSA) is 25.8 Å². The second kappa shape index (κ2) is 14.8. The Bertz CT molecular complexity index is 2450. The van der Waals surface area contributed by atoms with E-state index >= 15 is 0 Å². The van der Waals surface area contributed by atoms with Gasteiger partial charge in [-0.05, 0) is 74.3 Å². The van der Waals surface area contributed by atoms with Crippen LogP contribution in [-0.2, 0) is 20.1 Å². The van der Waals surface area contributed by atoms with Crippen LogP contribution in [0.15, 0.2) is 103 Å². The SMILES string of the molecule is [2H]C([2H])([2H])c1c[c-]c(-c2cc(C([2H])(C)C)c([Si](C)(C)C)cn2)cc1.[2H]C([2H])([2H])c1cnc(-c2[c-]ccc3c2sc2ccc(F)cc23)cc1-c1ccccc1.[Ir]. The monoisotopic (exact) mass is 850 g/mol. The van der Waals surface area contributed by atoms with Gasteiger partial charge in [0.05, 0.1) is 8.07 Å². The number of rotatable bonds is 5. The van der Waals surface area contributed by atoms with E-state index in [1.165, 1.54) is 23.5 Å². The summed E-state index contributed by atoms with van der Waals surface area (Å²) in [5.74, 6) is -0.991. The maximum Gasteiger partial charge on any atom is 0.123 e. The molecule has 0 bridgehead atoms. The maximum atomic E-state index is 13.8. The molecule has 6 heteroatoms. The zero-order valence-corrected chi connectivity index (χ0v) is 31.5. The van der Waals surface area contributed by atoms with Gasteiger partial charge in [-0.1, -0.05) is 93.8 Å². The van der Waals surface area contributed by atoms with Crippen molar-refractivity contribution >= 4 is 44.8 Å². The predicted molar refractivity (Wildman–Crippen MR) is 202 cm³/mol. The van der Waals surface area contributed by atoms with Gasteiger partial charge in [-0.2, -0.15) is 11.3 Å². The first-order valence-corrected chi connectivity index (χ1v) is 19.7. The van der Waals surface area contributed by atoms with Crippen LogP contribution in [0.3, 0.4) is 0 Å². The van der Waals surface area contributed by atoms with Crippen molar-refractivity contribution < 1.29 is 34.1 Å². The number of fused-ring (bicyclic) bond motifs is 3. The molecule has 0 spiro atoms. The van der Waals surface area contributed by atoms with Gasteiger partial charge in [-0.15, -0.1) is 59.2 Å². The van der Waals surface area contributed by atoms with Crippen molar-refractivity contribution in [3.8, 4) is 33.6 Å². The third kappa shape index (κ3) is 7.58. The molecule has 0 amide bonds. The molecule has 0 fully saturated rings. The average Bonchev–Trinajstić information content (AvgIpc) is 3.48. The van der Waals surface area contributed by atoms with E-state index < -0.39 is 27.7 Å². The standard InChI is InChI=1S/C24H15FNS.C18H24NSi.Ir/c1-15-14-26-22(13-20(15)16-6-3-2-4-7-16)19-9-5-8-18-21-12-17(25)10-11-23(21)27-24(18)19;1-13(2)16-11-17(15-9-7-14(3)8-10-15)19-12-18(16)20(4,5)6;/h2-8,10-14H,1H3;7-9,11-13H,1-6H3;/q2*-1;/i1D3;3D3,13D;. The smallest absolute Gasteiger partial charge is 0.123 e. The second-order valence-corrected chi connectivity index (χ2v) is 18.8. The van der Waals surface area contributed by atoms with E-state index in [2.05, 4.69) is 41.7 Å². The van der Waals surface area contributed by atoms with Crippen molar-refractivity contribution in [1.82, 2.24) is 9.97 Å². The summed E-state index contributed by atoms with van der Waals surface area (Å²) in [6, 6.07) is 32.8. The third-order valence-electron chi connectivity index (χ3n) is 7.98. The molecule has 0 N–H and O–H groups in total. The van der Waals surface area contributed by atoms with Gasteiger partial charge in [0.25, 0.3) is 0 Å². The van der Waals surface area contributed by atoms with Crippen LogP contribution in [0.1, 0.15) is 46.0 Å². The van der Waals surface area contributed by atoms with E-state index in [4.69, 9.17) is 9.60 Å². The van der Waals surface area contributed by atoms with Crippen LogP contribution in [0.5, 0.6) is 0 Å². The summed E-state index contributed by atoms with van der Waals surface area (Å²) >= 11 is 1.55. The summed E-state index contributed by atoms with van der Waals surface area (Å²) in [5, 5.41) is 2.98. The first kappa shape index (κ1) is 27.1. The molecular weight excluding hydrogens is 804 g/mol. The van der Waals surface area contributed by atoms with E-state index in [0.717, 1.165) is 48.1 Å². The minimum atomic E-state index is -2.28. The van der Waals surface area contributed by atoms with Gasteiger partial charge >= 0.3 is 0 Å². The molecular formula is C42H39FIrN2SSi-2. The molecule has 0 atom stereocenters. The van der Waals surface area contributed by atoms with Gasteiger partial charge in [0.2, 0.25) is 0 Å². The Kier molecular flexibility index (Phi) is 8.32. The Labute approximate surface area is 312 Å². The first-order valence-electron chi connectivity index (χ1n) is 18.8. The summed E-state index contributed by atoms with van der Waals surface area (Å²) < 4.78 is 70.3. The van der Waals surface area contributed by atoms with Gasteiger partial charge in [0, 0.05) is 46.8 Å². The molecule has 4 aromatic carbocycles. The molecule has 0 saturated carbocycles. The Hall–Kier alpha value is -3.80. The number of halogens is 1. The van der Waals surface area contributed by atoms with Crippen molar-refractivity contribution in [2.75, 3.05) is 0 Å². The minimum Gasteiger partial charge on any atom is -0.305 e. The van der Waals surface area contributed by atoms with Crippen molar-refractivity contribution in [2.24, 2.45) is 0 Å². The van der Waals surface area contributed by atoms with E-state index in [1.807, 2.05) is 68.6 Å². The molecule has 2 nitrogen and oxygen atoms in total. The number of pyridine rings is 2. The zero-order chi connectivity index (χ0) is 39.2. The van der Waals surface area contributed by atoms with E-state index in [0.29, 0.717) is 11.3 Å². The van der Waals surface area contributed by atoms with Crippen LogP contribution >= 0.6 is 11.3 Å². The van der Waals surface area contributed by atoms with Crippen LogP contribution in [0, 0.1) is 31.7 Å². The molecule has 48 heavy (non-hydrogen) atoms. The molecule has 1 radical (unpaired) electrons. The average molecular weight is 850 g/mol. The number of aromatic nitrogens is 2. The molecule has 0 saturated heterocycles. The molecule has 0 aliphatic heterocycles. The molecule has 3 heterocycles. The van der Waals surface area contributed by atoms with Crippen LogP contribution in [0.2, 0.25) is 19.6 Å². The van der Waals surface area contributed by atoms with Gasteiger partial charge in [0.15, 0.2) is 0 Å². The fraction of sp³-hybridized carbons (Fsp3) is 0.190. The van der Waals surface area contributed by atoms with Crippen LogP contribution in [0.4, 0.5) is 4.39 Å². The normalized spacial score (nSPS) is 14.2. The Morgan fingerprint density at radius 3 is 2.33 bits per heavy atom. The largest absolute Gasteiger partial charge is 0.305 e. The fourth-order valence-electron chi connectivity index (χ4n) is 5.55. The Morgan fingerprint density at radius 1 is 0.854 bits per heavy atom. The molecule has 7 rings (SSSR count). The van der Waals surface area contributed by atoms with Crippen LogP contribution < -0.4 is 5.19 Å². The van der Waals surface area contributed by atoms with Crippen molar-refractivity contribution in [2.45, 2.75) is 53.1 Å². The van der Waals surface area contributed by atoms with Gasteiger partial charge in [0.1, 0.15) is 5.82 Å². The van der Waals surface area contributed by atoms with E-state index in [9.17, 15) is 4.39 Å². The molecule has 0 aliphatic carbocycles. The molecule has 3 aromatic heterocycles.